The lowest BCUT2D eigenvalue weighted by Crippen LogP contribution is -2.38. The predicted molar refractivity (Wildman–Crippen MR) is 84.2 cm³/mol. The highest BCUT2D eigenvalue weighted by Crippen LogP contribution is 2.30. The Morgan fingerprint density at radius 2 is 2.05 bits per heavy atom. The predicted octanol–water partition coefficient (Wildman–Crippen LogP) is 2.49. The molecule has 0 spiro atoms. The van der Waals surface area contributed by atoms with E-state index in [4.69, 9.17) is 9.47 Å². The number of hydrogen-bond donors (Lipinski definition) is 2. The zero-order chi connectivity index (χ0) is 14.8. The van der Waals surface area contributed by atoms with Gasteiger partial charge in [0.15, 0.2) is 11.5 Å². The van der Waals surface area contributed by atoms with Crippen molar-refractivity contribution in [3.8, 4) is 11.5 Å². The van der Waals surface area contributed by atoms with E-state index in [1.54, 1.807) is 0 Å². The third kappa shape index (κ3) is 2.51. The third-order valence-electron chi connectivity index (χ3n) is 3.82. The molecule has 0 fully saturated rings. The van der Waals surface area contributed by atoms with Gasteiger partial charge in [0.25, 0.3) is 0 Å². The minimum atomic E-state index is 0.0240. The first-order chi connectivity index (χ1) is 10.9. The zero-order valence-corrected chi connectivity index (χ0v) is 12.1. The molecule has 0 aliphatic carbocycles. The van der Waals surface area contributed by atoms with E-state index in [0.717, 1.165) is 35.5 Å². The maximum atomic E-state index is 5.93. The molecule has 1 unspecified atom stereocenters. The van der Waals surface area contributed by atoms with Crippen molar-refractivity contribution in [2.45, 2.75) is 12.6 Å². The highest BCUT2D eigenvalue weighted by atomic mass is 16.6. The first kappa shape index (κ1) is 13.2. The summed E-state index contributed by atoms with van der Waals surface area (Å²) in [6.45, 7) is 2.07. The van der Waals surface area contributed by atoms with Crippen LogP contribution in [0.4, 0.5) is 0 Å². The molecule has 3 aromatic rings. The molecule has 5 nitrogen and oxygen atoms in total. The highest BCUT2D eigenvalue weighted by molar-refractivity contribution is 5.81. The summed E-state index contributed by atoms with van der Waals surface area (Å²) in [7, 11) is 0. The summed E-state index contributed by atoms with van der Waals surface area (Å²) in [5.74, 6) is 1.64. The van der Waals surface area contributed by atoms with Crippen LogP contribution in [0.3, 0.4) is 0 Å². The van der Waals surface area contributed by atoms with Crippen LogP contribution in [-0.2, 0) is 6.54 Å². The lowest BCUT2D eigenvalue weighted by molar-refractivity contribution is 0.0902. The molecule has 1 aliphatic heterocycles. The molecule has 112 valence electrons. The number of ether oxygens (including phenoxy) is 2. The van der Waals surface area contributed by atoms with Gasteiger partial charge in [0.1, 0.15) is 12.7 Å². The Morgan fingerprint density at radius 1 is 1.14 bits per heavy atom. The molecule has 0 saturated carbocycles. The van der Waals surface area contributed by atoms with Crippen molar-refractivity contribution in [1.29, 1.82) is 0 Å². The number of para-hydroxylation sites is 3. The number of aromatic amines is 1. The smallest absolute Gasteiger partial charge is 0.161 e. The number of rotatable bonds is 4. The summed E-state index contributed by atoms with van der Waals surface area (Å²) >= 11 is 0. The van der Waals surface area contributed by atoms with Crippen molar-refractivity contribution in [3.63, 3.8) is 0 Å². The van der Waals surface area contributed by atoms with Crippen LogP contribution in [0.2, 0.25) is 0 Å². The first-order valence-electron chi connectivity index (χ1n) is 7.40. The summed E-state index contributed by atoms with van der Waals surface area (Å²) in [4.78, 5) is 0. The fourth-order valence-electron chi connectivity index (χ4n) is 2.71. The fourth-order valence-corrected chi connectivity index (χ4v) is 2.71. The number of benzene rings is 2. The van der Waals surface area contributed by atoms with Crippen LogP contribution < -0.4 is 14.8 Å². The van der Waals surface area contributed by atoms with Crippen molar-refractivity contribution in [2.24, 2.45) is 0 Å². The van der Waals surface area contributed by atoms with Crippen molar-refractivity contribution in [2.75, 3.05) is 13.2 Å². The lowest BCUT2D eigenvalue weighted by Gasteiger charge is -2.26. The third-order valence-corrected chi connectivity index (χ3v) is 3.82. The number of nitrogens with zero attached hydrogens (tertiary/aromatic N) is 1. The van der Waals surface area contributed by atoms with Gasteiger partial charge in [-0.3, -0.25) is 5.10 Å². The quantitative estimate of drug-likeness (QED) is 0.776. The summed E-state index contributed by atoms with van der Waals surface area (Å²) < 4.78 is 11.7. The van der Waals surface area contributed by atoms with Crippen LogP contribution in [0.1, 0.15) is 5.56 Å². The minimum Gasteiger partial charge on any atom is -0.486 e. The van der Waals surface area contributed by atoms with E-state index >= 15 is 0 Å². The van der Waals surface area contributed by atoms with Crippen LogP contribution in [0.5, 0.6) is 11.5 Å². The maximum absolute atomic E-state index is 5.93. The molecule has 0 bridgehead atoms. The SMILES string of the molecule is c1ccc2c(c1)OCC(CNCc1cccc3cn[nH]c13)O2. The minimum absolute atomic E-state index is 0.0240. The number of hydrogen-bond acceptors (Lipinski definition) is 4. The van der Waals surface area contributed by atoms with Gasteiger partial charge in [-0.1, -0.05) is 30.3 Å². The van der Waals surface area contributed by atoms with Crippen molar-refractivity contribution in [1.82, 2.24) is 15.5 Å². The van der Waals surface area contributed by atoms with Gasteiger partial charge in [-0.25, -0.2) is 0 Å². The molecular formula is C17H17N3O2. The molecule has 0 amide bonds. The number of H-pyrrole nitrogens is 1. The molecule has 1 atom stereocenters. The molecular weight excluding hydrogens is 278 g/mol. The number of fused-ring (bicyclic) bond motifs is 2. The average molecular weight is 295 g/mol. The Bertz CT molecular complexity index is 784. The number of nitrogens with one attached hydrogen (secondary N) is 2. The highest BCUT2D eigenvalue weighted by Gasteiger charge is 2.20. The van der Waals surface area contributed by atoms with E-state index in [1.807, 2.05) is 36.5 Å². The maximum Gasteiger partial charge on any atom is 0.161 e. The van der Waals surface area contributed by atoms with Gasteiger partial charge in [-0.05, 0) is 17.7 Å². The summed E-state index contributed by atoms with van der Waals surface area (Å²) in [6, 6.07) is 14.0. The second-order valence-corrected chi connectivity index (χ2v) is 5.38. The van der Waals surface area contributed by atoms with Crippen molar-refractivity contribution < 1.29 is 9.47 Å². The lowest BCUT2D eigenvalue weighted by atomic mass is 10.1. The van der Waals surface area contributed by atoms with Crippen LogP contribution in [-0.4, -0.2) is 29.5 Å². The molecule has 22 heavy (non-hydrogen) atoms. The summed E-state index contributed by atoms with van der Waals surface area (Å²) in [6.07, 6.45) is 1.87. The van der Waals surface area contributed by atoms with Gasteiger partial charge >= 0.3 is 0 Å². The second kappa shape index (κ2) is 5.69. The van der Waals surface area contributed by atoms with Gasteiger partial charge < -0.3 is 14.8 Å². The molecule has 2 N–H and O–H groups in total. The Hall–Kier alpha value is -2.53. The monoisotopic (exact) mass is 295 g/mol. The van der Waals surface area contributed by atoms with Crippen molar-refractivity contribution >= 4 is 10.9 Å². The van der Waals surface area contributed by atoms with Gasteiger partial charge in [0.05, 0.1) is 11.7 Å². The zero-order valence-electron chi connectivity index (χ0n) is 12.1. The fraction of sp³-hybridized carbons (Fsp3) is 0.235. The van der Waals surface area contributed by atoms with E-state index in [2.05, 4.69) is 27.6 Å². The molecule has 2 heterocycles. The standard InChI is InChI=1S/C17H17N3O2/c1-2-7-16-15(6-1)21-11-14(22-16)10-18-8-12-4-3-5-13-9-19-20-17(12)13/h1-7,9,14,18H,8,10-11H2,(H,19,20). The van der Waals surface area contributed by atoms with E-state index in [9.17, 15) is 0 Å². The van der Waals surface area contributed by atoms with Crippen LogP contribution in [0.25, 0.3) is 10.9 Å². The Balaban J connectivity index is 1.37. The molecule has 1 aliphatic rings. The normalized spacial score (nSPS) is 16.8. The first-order valence-corrected chi connectivity index (χ1v) is 7.40. The van der Waals surface area contributed by atoms with E-state index in [1.165, 1.54) is 5.56 Å². The summed E-state index contributed by atoms with van der Waals surface area (Å²) in [5.41, 5.74) is 2.29. The molecule has 0 radical (unpaired) electrons. The van der Waals surface area contributed by atoms with Crippen molar-refractivity contribution in [3.05, 3.63) is 54.2 Å². The number of aromatic nitrogens is 2. The van der Waals surface area contributed by atoms with Crippen LogP contribution in [0, 0.1) is 0 Å². The van der Waals surface area contributed by atoms with E-state index < -0.39 is 0 Å². The van der Waals surface area contributed by atoms with E-state index in [-0.39, 0.29) is 6.10 Å². The Morgan fingerprint density at radius 3 is 3.00 bits per heavy atom. The Kier molecular flexibility index (Phi) is 3.40. The van der Waals surface area contributed by atoms with Crippen LogP contribution >= 0.6 is 0 Å². The second-order valence-electron chi connectivity index (χ2n) is 5.38. The Labute approximate surface area is 128 Å². The van der Waals surface area contributed by atoms with E-state index in [0.29, 0.717) is 6.61 Å². The molecule has 0 saturated heterocycles. The van der Waals surface area contributed by atoms with Gasteiger partial charge in [0, 0.05) is 18.5 Å². The largest absolute Gasteiger partial charge is 0.486 e. The summed E-state index contributed by atoms with van der Waals surface area (Å²) in [5, 5.41) is 11.7. The van der Waals surface area contributed by atoms with Gasteiger partial charge in [-0.2, -0.15) is 5.10 Å². The molecule has 4 rings (SSSR count). The van der Waals surface area contributed by atoms with Gasteiger partial charge in [0.2, 0.25) is 0 Å². The topological polar surface area (TPSA) is 59.2 Å². The molecule has 1 aromatic heterocycles. The average Bonchev–Trinajstić information content (AvgIpc) is 3.04. The molecule has 5 heteroatoms. The van der Waals surface area contributed by atoms with Crippen LogP contribution in [0.15, 0.2) is 48.7 Å². The van der Waals surface area contributed by atoms with Gasteiger partial charge in [-0.15, -0.1) is 0 Å². The molecule has 2 aromatic carbocycles.